The Bertz CT molecular complexity index is 805. The fraction of sp³-hybridized carbons (Fsp3) is 0.467. The van der Waals surface area contributed by atoms with Gasteiger partial charge in [-0.15, -0.1) is 5.10 Å². The lowest BCUT2D eigenvalue weighted by atomic mass is 10.0. The van der Waals surface area contributed by atoms with Crippen LogP contribution >= 0.6 is 0 Å². The molecule has 2 heterocycles. The zero-order valence-electron chi connectivity index (χ0n) is 13.4. The van der Waals surface area contributed by atoms with Gasteiger partial charge >= 0.3 is 6.18 Å². The number of nitriles is 1. The maximum atomic E-state index is 13.4. The zero-order valence-corrected chi connectivity index (χ0v) is 13.4. The molecule has 0 N–H and O–H groups in total. The smallest absolute Gasteiger partial charge is 0.379 e. The fourth-order valence-corrected chi connectivity index (χ4v) is 2.84. The molecule has 0 bridgehead atoms. The summed E-state index contributed by atoms with van der Waals surface area (Å²) in [5.74, 6) is 0.433. The maximum absolute atomic E-state index is 13.4. The van der Waals surface area contributed by atoms with E-state index in [9.17, 15) is 13.2 Å². The summed E-state index contributed by atoms with van der Waals surface area (Å²) in [5.41, 5.74) is -1.25. The minimum Gasteiger partial charge on any atom is -0.379 e. The first kappa shape index (κ1) is 17.3. The SMILES string of the molecule is Cc1c(-n2nnnc2CN2CCOCC2)ccc(C#N)c1C(F)(F)F. The molecule has 0 atom stereocenters. The predicted octanol–water partition coefficient (Wildman–Crippen LogP) is 1.69. The Kier molecular flexibility index (Phi) is 4.69. The minimum atomic E-state index is -4.64. The van der Waals surface area contributed by atoms with Crippen molar-refractivity contribution in [3.63, 3.8) is 0 Å². The molecule has 0 spiro atoms. The zero-order chi connectivity index (χ0) is 18.0. The van der Waals surface area contributed by atoms with Crippen LogP contribution in [0.4, 0.5) is 13.2 Å². The highest BCUT2D eigenvalue weighted by atomic mass is 19.4. The van der Waals surface area contributed by atoms with Gasteiger partial charge in [0.15, 0.2) is 5.82 Å². The number of halogens is 3. The van der Waals surface area contributed by atoms with Crippen molar-refractivity contribution < 1.29 is 17.9 Å². The molecular weight excluding hydrogens is 337 g/mol. The number of benzene rings is 1. The fourth-order valence-electron chi connectivity index (χ4n) is 2.84. The van der Waals surface area contributed by atoms with Crippen molar-refractivity contribution in [2.45, 2.75) is 19.6 Å². The van der Waals surface area contributed by atoms with E-state index in [4.69, 9.17) is 10.00 Å². The van der Waals surface area contributed by atoms with Crippen molar-refractivity contribution in [1.82, 2.24) is 25.1 Å². The van der Waals surface area contributed by atoms with E-state index in [1.54, 1.807) is 6.07 Å². The van der Waals surface area contributed by atoms with Gasteiger partial charge in [-0.05, 0) is 35.0 Å². The van der Waals surface area contributed by atoms with E-state index in [-0.39, 0.29) is 11.3 Å². The number of hydrogen-bond donors (Lipinski definition) is 0. The van der Waals surface area contributed by atoms with Crippen LogP contribution in [0.3, 0.4) is 0 Å². The lowest BCUT2D eigenvalue weighted by molar-refractivity contribution is -0.138. The summed E-state index contributed by atoms with van der Waals surface area (Å²) in [7, 11) is 0. The summed E-state index contributed by atoms with van der Waals surface area (Å²) in [5, 5.41) is 20.4. The molecule has 132 valence electrons. The Balaban J connectivity index is 2.01. The third kappa shape index (κ3) is 3.47. The summed E-state index contributed by atoms with van der Waals surface area (Å²) >= 11 is 0. The average molecular weight is 352 g/mol. The number of morpholine rings is 1. The molecular formula is C15H15F3N6O. The van der Waals surface area contributed by atoms with Crippen LogP contribution in [0.2, 0.25) is 0 Å². The standard InChI is InChI=1S/C15H15F3N6O/c1-10-12(3-2-11(8-19)14(10)15(16,17)18)24-13(20-21-22-24)9-23-4-6-25-7-5-23/h2-3H,4-7,9H2,1H3. The Labute approximate surface area is 141 Å². The number of rotatable bonds is 3. The summed E-state index contributed by atoms with van der Waals surface area (Å²) in [6, 6.07) is 4.17. The normalized spacial score (nSPS) is 16.0. The maximum Gasteiger partial charge on any atom is 0.418 e. The van der Waals surface area contributed by atoms with Gasteiger partial charge in [-0.2, -0.15) is 23.1 Å². The highest BCUT2D eigenvalue weighted by molar-refractivity contribution is 5.54. The third-order valence-corrected chi connectivity index (χ3v) is 4.07. The Morgan fingerprint density at radius 1 is 1.28 bits per heavy atom. The summed E-state index contributed by atoms with van der Waals surface area (Å²) in [6.45, 7) is 4.31. The van der Waals surface area contributed by atoms with Gasteiger partial charge < -0.3 is 4.74 Å². The molecule has 0 unspecified atom stereocenters. The lowest BCUT2D eigenvalue weighted by Gasteiger charge is -2.26. The molecule has 0 radical (unpaired) electrons. The van der Waals surface area contributed by atoms with E-state index in [0.29, 0.717) is 38.7 Å². The molecule has 1 aromatic heterocycles. The number of aromatic nitrogens is 4. The first-order valence-corrected chi connectivity index (χ1v) is 7.60. The average Bonchev–Trinajstić information content (AvgIpc) is 3.02. The molecule has 1 aliphatic rings. The van der Waals surface area contributed by atoms with Crippen LogP contribution in [0.15, 0.2) is 12.1 Å². The third-order valence-electron chi connectivity index (χ3n) is 4.07. The number of nitrogens with zero attached hydrogens (tertiary/aromatic N) is 6. The van der Waals surface area contributed by atoms with Crippen molar-refractivity contribution >= 4 is 0 Å². The van der Waals surface area contributed by atoms with E-state index in [1.807, 2.05) is 0 Å². The summed E-state index contributed by atoms with van der Waals surface area (Å²) < 4.78 is 46.6. The van der Waals surface area contributed by atoms with Gasteiger partial charge in [-0.1, -0.05) is 0 Å². The topological polar surface area (TPSA) is 79.9 Å². The largest absolute Gasteiger partial charge is 0.418 e. The van der Waals surface area contributed by atoms with Crippen LogP contribution in [0, 0.1) is 18.3 Å². The quantitative estimate of drug-likeness (QED) is 0.836. The van der Waals surface area contributed by atoms with Gasteiger partial charge in [0.25, 0.3) is 0 Å². The number of tetrazole rings is 1. The van der Waals surface area contributed by atoms with Crippen molar-refractivity contribution in [3.8, 4) is 11.8 Å². The second-order valence-electron chi connectivity index (χ2n) is 5.64. The first-order valence-electron chi connectivity index (χ1n) is 7.60. The minimum absolute atomic E-state index is 0.0814. The van der Waals surface area contributed by atoms with Crippen LogP contribution in [-0.4, -0.2) is 51.4 Å². The van der Waals surface area contributed by atoms with Crippen molar-refractivity contribution in [2.24, 2.45) is 0 Å². The predicted molar refractivity (Wildman–Crippen MR) is 79.7 cm³/mol. The van der Waals surface area contributed by atoms with Crippen LogP contribution in [0.25, 0.3) is 5.69 Å². The van der Waals surface area contributed by atoms with E-state index in [2.05, 4.69) is 20.4 Å². The van der Waals surface area contributed by atoms with Gasteiger partial charge in [0.05, 0.1) is 42.6 Å². The number of hydrogen-bond acceptors (Lipinski definition) is 6. The van der Waals surface area contributed by atoms with Crippen LogP contribution in [0.1, 0.15) is 22.5 Å². The van der Waals surface area contributed by atoms with Gasteiger partial charge in [0.1, 0.15) is 0 Å². The molecule has 7 nitrogen and oxygen atoms in total. The lowest BCUT2D eigenvalue weighted by Crippen LogP contribution is -2.36. The van der Waals surface area contributed by atoms with E-state index < -0.39 is 17.3 Å². The molecule has 1 aromatic carbocycles. The molecule has 2 aromatic rings. The summed E-state index contributed by atoms with van der Waals surface area (Å²) in [6.07, 6.45) is -4.64. The van der Waals surface area contributed by atoms with Crippen molar-refractivity contribution in [3.05, 3.63) is 34.6 Å². The van der Waals surface area contributed by atoms with Gasteiger partial charge in [0, 0.05) is 13.1 Å². The first-order chi connectivity index (χ1) is 11.9. The molecule has 0 saturated carbocycles. The number of alkyl halides is 3. The van der Waals surface area contributed by atoms with Crippen LogP contribution in [-0.2, 0) is 17.5 Å². The van der Waals surface area contributed by atoms with Crippen molar-refractivity contribution in [1.29, 1.82) is 5.26 Å². The Morgan fingerprint density at radius 3 is 2.64 bits per heavy atom. The Hall–Kier alpha value is -2.51. The van der Waals surface area contributed by atoms with Crippen molar-refractivity contribution in [2.75, 3.05) is 26.3 Å². The molecule has 0 aliphatic carbocycles. The van der Waals surface area contributed by atoms with E-state index in [1.165, 1.54) is 17.7 Å². The van der Waals surface area contributed by atoms with Gasteiger partial charge in [-0.25, -0.2) is 0 Å². The number of ether oxygens (including phenoxy) is 1. The highest BCUT2D eigenvalue weighted by Crippen LogP contribution is 2.36. The van der Waals surface area contributed by atoms with E-state index in [0.717, 1.165) is 6.07 Å². The van der Waals surface area contributed by atoms with Gasteiger partial charge in [-0.3, -0.25) is 4.90 Å². The second kappa shape index (κ2) is 6.78. The molecule has 10 heteroatoms. The highest BCUT2D eigenvalue weighted by Gasteiger charge is 2.36. The molecule has 1 fully saturated rings. The Morgan fingerprint density at radius 2 is 2.00 bits per heavy atom. The summed E-state index contributed by atoms with van der Waals surface area (Å²) in [4.78, 5) is 2.06. The molecule has 3 rings (SSSR count). The van der Waals surface area contributed by atoms with Gasteiger partial charge in [0.2, 0.25) is 0 Å². The molecule has 0 amide bonds. The molecule has 25 heavy (non-hydrogen) atoms. The molecule has 1 saturated heterocycles. The van der Waals surface area contributed by atoms with Crippen LogP contribution < -0.4 is 0 Å². The van der Waals surface area contributed by atoms with Crippen LogP contribution in [0.5, 0.6) is 0 Å². The molecule has 1 aliphatic heterocycles. The second-order valence-corrected chi connectivity index (χ2v) is 5.64. The monoisotopic (exact) mass is 352 g/mol. The van der Waals surface area contributed by atoms with E-state index >= 15 is 0 Å².